The number of aryl methyl sites for hydroxylation is 1. The second-order valence-electron chi connectivity index (χ2n) is 5.67. The van der Waals surface area contributed by atoms with E-state index in [0.29, 0.717) is 5.82 Å². The topological polar surface area (TPSA) is 85.3 Å². The van der Waals surface area contributed by atoms with Crippen LogP contribution in [0.25, 0.3) is 5.69 Å². The van der Waals surface area contributed by atoms with Crippen molar-refractivity contribution >= 4 is 17.7 Å². The van der Waals surface area contributed by atoms with Gasteiger partial charge < -0.3 is 4.57 Å². The summed E-state index contributed by atoms with van der Waals surface area (Å²) in [5, 5.41) is 14.7. The second-order valence-corrected chi connectivity index (χ2v) is 5.67. The Kier molecular flexibility index (Phi) is 4.74. The Morgan fingerprint density at radius 3 is 2.58 bits per heavy atom. The first-order chi connectivity index (χ1) is 12.5. The number of nitrogens with one attached hydrogen (secondary N) is 1. The molecule has 0 aliphatic heterocycles. The van der Waals surface area contributed by atoms with E-state index in [9.17, 15) is 14.5 Å². The minimum atomic E-state index is -0.510. The number of nitrogens with zero attached hydrogens (tertiary/aromatic N) is 4. The van der Waals surface area contributed by atoms with Crippen LogP contribution >= 0.6 is 0 Å². The average Bonchev–Trinajstić information content (AvgIpc) is 2.90. The molecule has 0 amide bonds. The van der Waals surface area contributed by atoms with Gasteiger partial charge in [-0.3, -0.25) is 15.5 Å². The highest BCUT2D eigenvalue weighted by molar-refractivity contribution is 5.82. The number of hydrogen-bond acceptors (Lipinski definition) is 5. The van der Waals surface area contributed by atoms with Crippen LogP contribution in [0.5, 0.6) is 0 Å². The fraction of sp³-hybridized carbons (Fsp3) is 0.111. The first-order valence-electron chi connectivity index (χ1n) is 7.80. The largest absolute Gasteiger partial charge is 0.318 e. The van der Waals surface area contributed by atoms with E-state index < -0.39 is 4.92 Å². The lowest BCUT2D eigenvalue weighted by atomic mass is 10.2. The minimum Gasteiger partial charge on any atom is -0.318 e. The maximum Gasteiger partial charge on any atom is 0.287 e. The Balaban J connectivity index is 1.78. The zero-order valence-electron chi connectivity index (χ0n) is 14.2. The zero-order valence-corrected chi connectivity index (χ0v) is 14.2. The molecule has 0 atom stereocenters. The molecule has 0 saturated carbocycles. The number of nitro groups is 1. The van der Waals surface area contributed by atoms with Crippen LogP contribution < -0.4 is 5.43 Å². The maximum atomic E-state index is 13.1. The summed E-state index contributed by atoms with van der Waals surface area (Å²) >= 11 is 0. The van der Waals surface area contributed by atoms with E-state index in [1.165, 1.54) is 24.3 Å². The van der Waals surface area contributed by atoms with Gasteiger partial charge in [-0.25, -0.2) is 9.37 Å². The Morgan fingerprint density at radius 2 is 1.96 bits per heavy atom. The lowest BCUT2D eigenvalue weighted by Gasteiger charge is -2.09. The Labute approximate surface area is 149 Å². The molecular formula is C18H16FN5O2. The van der Waals surface area contributed by atoms with Crippen LogP contribution in [0.4, 0.5) is 15.9 Å². The fourth-order valence-corrected chi connectivity index (χ4v) is 2.63. The number of anilines is 1. The van der Waals surface area contributed by atoms with Crippen LogP contribution in [-0.4, -0.2) is 20.7 Å². The molecular weight excluding hydrogens is 337 g/mol. The van der Waals surface area contributed by atoms with E-state index in [0.717, 1.165) is 28.8 Å². The fourth-order valence-electron chi connectivity index (χ4n) is 2.63. The van der Waals surface area contributed by atoms with Crippen molar-refractivity contribution in [2.75, 3.05) is 5.43 Å². The summed E-state index contributed by atoms with van der Waals surface area (Å²) in [4.78, 5) is 14.0. The van der Waals surface area contributed by atoms with Crippen molar-refractivity contribution in [3.63, 3.8) is 0 Å². The summed E-state index contributed by atoms with van der Waals surface area (Å²) in [7, 11) is 0. The predicted octanol–water partition coefficient (Wildman–Crippen LogP) is 3.98. The smallest absolute Gasteiger partial charge is 0.287 e. The molecule has 26 heavy (non-hydrogen) atoms. The van der Waals surface area contributed by atoms with Crippen LogP contribution in [0, 0.1) is 29.8 Å². The summed E-state index contributed by atoms with van der Waals surface area (Å²) in [6, 6.07) is 11.1. The molecule has 2 aromatic heterocycles. The highest BCUT2D eigenvalue weighted by Gasteiger charge is 2.09. The number of pyridine rings is 1. The summed E-state index contributed by atoms with van der Waals surface area (Å²) in [5.74, 6) is 0.122. The quantitative estimate of drug-likeness (QED) is 0.427. The van der Waals surface area contributed by atoms with E-state index in [-0.39, 0.29) is 11.5 Å². The molecule has 0 radical (unpaired) electrons. The number of hydrogen-bond donors (Lipinski definition) is 1. The summed E-state index contributed by atoms with van der Waals surface area (Å²) in [6.45, 7) is 3.90. The van der Waals surface area contributed by atoms with Crippen molar-refractivity contribution in [2.45, 2.75) is 13.8 Å². The van der Waals surface area contributed by atoms with Gasteiger partial charge in [-0.2, -0.15) is 5.10 Å². The molecule has 7 nitrogen and oxygen atoms in total. The van der Waals surface area contributed by atoms with Crippen molar-refractivity contribution in [2.24, 2.45) is 5.10 Å². The molecule has 0 saturated heterocycles. The number of hydrazone groups is 1. The van der Waals surface area contributed by atoms with Crippen LogP contribution in [0.1, 0.15) is 17.0 Å². The Morgan fingerprint density at radius 1 is 1.23 bits per heavy atom. The number of aromatic nitrogens is 2. The minimum absolute atomic E-state index is 0.0811. The number of rotatable bonds is 5. The van der Waals surface area contributed by atoms with Crippen LogP contribution in [0.3, 0.4) is 0 Å². The van der Waals surface area contributed by atoms with Gasteiger partial charge in [0.15, 0.2) is 0 Å². The molecule has 0 aliphatic carbocycles. The first kappa shape index (κ1) is 17.3. The lowest BCUT2D eigenvalue weighted by Crippen LogP contribution is -2.00. The SMILES string of the molecule is Cc1cc(/C=N/Nc2ccc([N+](=O)[O-])cn2)c(C)n1-c1ccc(F)cc1. The van der Waals surface area contributed by atoms with Crippen molar-refractivity contribution < 1.29 is 9.31 Å². The molecule has 132 valence electrons. The van der Waals surface area contributed by atoms with Gasteiger partial charge in [-0.1, -0.05) is 0 Å². The summed E-state index contributed by atoms with van der Waals surface area (Å²) < 4.78 is 15.1. The molecule has 1 N–H and O–H groups in total. The van der Waals surface area contributed by atoms with E-state index in [2.05, 4.69) is 15.5 Å². The van der Waals surface area contributed by atoms with Crippen molar-refractivity contribution in [3.05, 3.63) is 81.5 Å². The van der Waals surface area contributed by atoms with Gasteiger partial charge in [0.25, 0.3) is 5.69 Å². The van der Waals surface area contributed by atoms with Gasteiger partial charge in [0.2, 0.25) is 0 Å². The third kappa shape index (κ3) is 3.59. The molecule has 0 aliphatic rings. The van der Waals surface area contributed by atoms with Crippen molar-refractivity contribution in [1.29, 1.82) is 0 Å². The monoisotopic (exact) mass is 353 g/mol. The molecule has 2 heterocycles. The lowest BCUT2D eigenvalue weighted by molar-refractivity contribution is -0.385. The molecule has 0 spiro atoms. The van der Waals surface area contributed by atoms with Gasteiger partial charge in [0.05, 0.1) is 11.1 Å². The van der Waals surface area contributed by atoms with Crippen LogP contribution in [0.15, 0.2) is 53.8 Å². The molecule has 8 heteroatoms. The van der Waals surface area contributed by atoms with Gasteiger partial charge in [0, 0.05) is 28.7 Å². The van der Waals surface area contributed by atoms with Crippen LogP contribution in [-0.2, 0) is 0 Å². The third-order valence-corrected chi connectivity index (χ3v) is 3.90. The van der Waals surface area contributed by atoms with E-state index in [4.69, 9.17) is 0 Å². The number of halogens is 1. The van der Waals surface area contributed by atoms with Crippen molar-refractivity contribution in [3.8, 4) is 5.69 Å². The van der Waals surface area contributed by atoms with E-state index in [1.807, 2.05) is 24.5 Å². The Bertz CT molecular complexity index is 962. The first-order valence-corrected chi connectivity index (χ1v) is 7.80. The standard InChI is InChI=1S/C18H16FN5O2/c1-12-9-14(13(2)23(12)16-5-3-15(19)4-6-16)10-21-22-18-8-7-17(11-20-18)24(25)26/h3-11H,1-2H3,(H,20,22)/b21-10+. The molecule has 3 aromatic rings. The van der Waals surface area contributed by atoms with Crippen molar-refractivity contribution in [1.82, 2.24) is 9.55 Å². The highest BCUT2D eigenvalue weighted by Crippen LogP contribution is 2.20. The van der Waals surface area contributed by atoms with Gasteiger partial charge in [-0.15, -0.1) is 0 Å². The van der Waals surface area contributed by atoms with E-state index >= 15 is 0 Å². The van der Waals surface area contributed by atoms with Gasteiger partial charge in [0.1, 0.15) is 17.8 Å². The van der Waals surface area contributed by atoms with Gasteiger partial charge in [-0.05, 0) is 50.2 Å². The summed E-state index contributed by atoms with van der Waals surface area (Å²) in [6.07, 6.45) is 2.81. The normalized spacial score (nSPS) is 11.0. The molecule has 3 rings (SSSR count). The molecule has 0 unspecified atom stereocenters. The zero-order chi connectivity index (χ0) is 18.7. The highest BCUT2D eigenvalue weighted by atomic mass is 19.1. The third-order valence-electron chi connectivity index (χ3n) is 3.90. The molecule has 0 bridgehead atoms. The molecule has 1 aromatic carbocycles. The average molecular weight is 353 g/mol. The predicted molar refractivity (Wildman–Crippen MR) is 97.3 cm³/mol. The van der Waals surface area contributed by atoms with E-state index in [1.54, 1.807) is 18.3 Å². The summed E-state index contributed by atoms with van der Waals surface area (Å²) in [5.41, 5.74) is 6.36. The molecule has 0 fully saturated rings. The number of benzene rings is 1. The van der Waals surface area contributed by atoms with Crippen LogP contribution in [0.2, 0.25) is 0 Å². The van der Waals surface area contributed by atoms with Gasteiger partial charge >= 0.3 is 0 Å². The Hall–Kier alpha value is -3.55. The maximum absolute atomic E-state index is 13.1. The second kappa shape index (κ2) is 7.14.